The molecule has 6 heteroatoms. The number of amides is 2. The fourth-order valence-electron chi connectivity index (χ4n) is 1.40. The van der Waals surface area contributed by atoms with Gasteiger partial charge < -0.3 is 10.6 Å². The summed E-state index contributed by atoms with van der Waals surface area (Å²) in [5.74, 6) is 2.23. The predicted molar refractivity (Wildman–Crippen MR) is 79.4 cm³/mol. The molecule has 1 aromatic heterocycles. The Bertz CT molecular complexity index is 368. The van der Waals surface area contributed by atoms with E-state index >= 15 is 0 Å². The molecule has 0 saturated heterocycles. The fraction of sp³-hybridized carbons (Fsp3) is 0.667. The second-order valence-electron chi connectivity index (χ2n) is 3.98. The zero-order valence-corrected chi connectivity index (χ0v) is 12.8. The van der Waals surface area contributed by atoms with E-state index in [0.717, 1.165) is 34.4 Å². The number of urea groups is 1. The first-order chi connectivity index (χ1) is 8.63. The average Bonchev–Trinajstić information content (AvgIpc) is 2.75. The molecule has 0 aliphatic heterocycles. The lowest BCUT2D eigenvalue weighted by Crippen LogP contribution is -2.37. The molecule has 102 valence electrons. The largest absolute Gasteiger partial charge is 0.338 e. The highest BCUT2D eigenvalue weighted by Gasteiger charge is 2.11. The molecule has 18 heavy (non-hydrogen) atoms. The molecule has 1 atom stereocenters. The summed E-state index contributed by atoms with van der Waals surface area (Å²) in [6.07, 6.45) is 2.84. The van der Waals surface area contributed by atoms with Gasteiger partial charge in [-0.15, -0.1) is 11.3 Å². The van der Waals surface area contributed by atoms with Gasteiger partial charge in [0.1, 0.15) is 5.01 Å². The first-order valence-electron chi connectivity index (χ1n) is 6.18. The van der Waals surface area contributed by atoms with Crippen LogP contribution in [0.15, 0.2) is 6.20 Å². The minimum absolute atomic E-state index is 0.0336. The summed E-state index contributed by atoms with van der Waals surface area (Å²) in [5.41, 5.74) is 0. The third-order valence-electron chi connectivity index (χ3n) is 2.31. The summed E-state index contributed by atoms with van der Waals surface area (Å²) in [5, 5.41) is 6.70. The summed E-state index contributed by atoms with van der Waals surface area (Å²) in [6, 6.07) is -0.148. The van der Waals surface area contributed by atoms with Gasteiger partial charge in [-0.3, -0.25) is 0 Å². The Labute approximate surface area is 117 Å². The van der Waals surface area contributed by atoms with Crippen LogP contribution in [0.1, 0.15) is 36.2 Å². The maximum absolute atomic E-state index is 11.6. The van der Waals surface area contributed by atoms with Gasteiger partial charge in [0.25, 0.3) is 0 Å². The molecule has 0 aliphatic rings. The number of nitrogens with one attached hydrogen (secondary N) is 2. The van der Waals surface area contributed by atoms with Crippen LogP contribution in [0.2, 0.25) is 0 Å². The Morgan fingerprint density at radius 1 is 1.61 bits per heavy atom. The van der Waals surface area contributed by atoms with E-state index in [4.69, 9.17) is 0 Å². The number of hydrogen-bond acceptors (Lipinski definition) is 4. The Hall–Kier alpha value is -0.750. The van der Waals surface area contributed by atoms with E-state index in [9.17, 15) is 4.79 Å². The van der Waals surface area contributed by atoms with Crippen LogP contribution in [0.4, 0.5) is 4.79 Å². The van der Waals surface area contributed by atoms with E-state index < -0.39 is 0 Å². The van der Waals surface area contributed by atoms with E-state index in [1.54, 1.807) is 11.3 Å². The number of carbonyl (C=O) groups is 1. The van der Waals surface area contributed by atoms with Gasteiger partial charge in [-0.1, -0.05) is 6.92 Å². The standard InChI is InChI=1S/C12H21N3OS2/c1-4-17-7-5-6-13-12(16)15-10(3)11-14-8-9(2)18-11/h8,10H,4-7H2,1-3H3,(H2,13,15,16)/t10-/m0/s1. The summed E-state index contributed by atoms with van der Waals surface area (Å²) in [6.45, 7) is 6.83. The zero-order valence-electron chi connectivity index (χ0n) is 11.2. The predicted octanol–water partition coefficient (Wildman–Crippen LogP) is 2.95. The Balaban J connectivity index is 2.19. The lowest BCUT2D eigenvalue weighted by Gasteiger charge is -2.12. The number of thioether (sulfide) groups is 1. The fourth-order valence-corrected chi connectivity index (χ4v) is 2.82. The maximum Gasteiger partial charge on any atom is 0.315 e. The van der Waals surface area contributed by atoms with Crippen molar-refractivity contribution >= 4 is 29.1 Å². The molecule has 2 N–H and O–H groups in total. The van der Waals surface area contributed by atoms with E-state index in [1.807, 2.05) is 31.8 Å². The van der Waals surface area contributed by atoms with Crippen molar-refractivity contribution in [3.8, 4) is 0 Å². The molecule has 0 unspecified atom stereocenters. The van der Waals surface area contributed by atoms with Gasteiger partial charge in [-0.2, -0.15) is 11.8 Å². The van der Waals surface area contributed by atoms with Crippen LogP contribution in [0.25, 0.3) is 0 Å². The van der Waals surface area contributed by atoms with E-state index in [1.165, 1.54) is 0 Å². The zero-order chi connectivity index (χ0) is 13.4. The van der Waals surface area contributed by atoms with Gasteiger partial charge >= 0.3 is 6.03 Å². The monoisotopic (exact) mass is 287 g/mol. The van der Waals surface area contributed by atoms with Gasteiger partial charge in [0.15, 0.2) is 0 Å². The summed E-state index contributed by atoms with van der Waals surface area (Å²) < 4.78 is 0. The van der Waals surface area contributed by atoms with Crippen molar-refractivity contribution in [1.29, 1.82) is 0 Å². The van der Waals surface area contributed by atoms with Crippen molar-refractivity contribution < 1.29 is 4.79 Å². The van der Waals surface area contributed by atoms with Crippen molar-refractivity contribution in [2.45, 2.75) is 33.2 Å². The van der Waals surface area contributed by atoms with Crippen molar-refractivity contribution in [2.75, 3.05) is 18.1 Å². The second-order valence-corrected chi connectivity index (χ2v) is 6.64. The van der Waals surface area contributed by atoms with Gasteiger partial charge in [0.2, 0.25) is 0 Å². The molecule has 1 heterocycles. The van der Waals surface area contributed by atoms with Crippen molar-refractivity contribution in [1.82, 2.24) is 15.6 Å². The topological polar surface area (TPSA) is 54.0 Å². The van der Waals surface area contributed by atoms with Crippen LogP contribution in [0.3, 0.4) is 0 Å². The molecule has 0 saturated carbocycles. The van der Waals surface area contributed by atoms with Gasteiger partial charge in [0.05, 0.1) is 6.04 Å². The Kier molecular flexibility index (Phi) is 7.12. The SMILES string of the molecule is CCSCCCNC(=O)N[C@@H](C)c1ncc(C)s1. The highest BCUT2D eigenvalue weighted by Crippen LogP contribution is 2.18. The lowest BCUT2D eigenvalue weighted by molar-refractivity contribution is 0.238. The molecule has 2 amide bonds. The number of nitrogens with zero attached hydrogens (tertiary/aromatic N) is 1. The number of rotatable bonds is 7. The van der Waals surface area contributed by atoms with Crippen LogP contribution >= 0.6 is 23.1 Å². The van der Waals surface area contributed by atoms with Crippen LogP contribution in [-0.4, -0.2) is 29.1 Å². The van der Waals surface area contributed by atoms with Gasteiger partial charge in [-0.05, 0) is 31.8 Å². The van der Waals surface area contributed by atoms with Crippen molar-refractivity contribution in [2.24, 2.45) is 0 Å². The van der Waals surface area contributed by atoms with Gasteiger partial charge in [-0.25, -0.2) is 9.78 Å². The molecule has 0 aromatic carbocycles. The Morgan fingerprint density at radius 2 is 2.39 bits per heavy atom. The molecule has 0 aliphatic carbocycles. The lowest BCUT2D eigenvalue weighted by atomic mass is 10.3. The minimum atomic E-state index is -0.114. The molecular weight excluding hydrogens is 266 g/mol. The van der Waals surface area contributed by atoms with Crippen LogP contribution < -0.4 is 10.6 Å². The normalized spacial score (nSPS) is 12.2. The number of hydrogen-bond donors (Lipinski definition) is 2. The molecule has 0 bridgehead atoms. The molecule has 0 fully saturated rings. The molecule has 1 rings (SSSR count). The van der Waals surface area contributed by atoms with E-state index in [2.05, 4.69) is 22.5 Å². The summed E-state index contributed by atoms with van der Waals surface area (Å²) in [4.78, 5) is 17.0. The Morgan fingerprint density at radius 3 is 3.00 bits per heavy atom. The van der Waals surface area contributed by atoms with Crippen LogP contribution in [0.5, 0.6) is 0 Å². The molecule has 1 aromatic rings. The maximum atomic E-state index is 11.6. The molecule has 0 radical (unpaired) electrons. The first kappa shape index (κ1) is 15.3. The number of aryl methyl sites for hydroxylation is 1. The molecule has 4 nitrogen and oxygen atoms in total. The molecule has 0 spiro atoms. The number of aromatic nitrogens is 1. The highest BCUT2D eigenvalue weighted by molar-refractivity contribution is 7.99. The quantitative estimate of drug-likeness (QED) is 0.758. The van der Waals surface area contributed by atoms with E-state index in [0.29, 0.717) is 0 Å². The summed E-state index contributed by atoms with van der Waals surface area (Å²) in [7, 11) is 0. The number of thiazole rings is 1. The van der Waals surface area contributed by atoms with Crippen molar-refractivity contribution in [3.05, 3.63) is 16.1 Å². The van der Waals surface area contributed by atoms with Crippen LogP contribution in [-0.2, 0) is 0 Å². The summed E-state index contributed by atoms with van der Waals surface area (Å²) >= 11 is 3.51. The molecular formula is C12H21N3OS2. The highest BCUT2D eigenvalue weighted by atomic mass is 32.2. The van der Waals surface area contributed by atoms with Crippen molar-refractivity contribution in [3.63, 3.8) is 0 Å². The third-order valence-corrected chi connectivity index (χ3v) is 4.39. The van der Waals surface area contributed by atoms with Gasteiger partial charge in [0, 0.05) is 17.6 Å². The number of carbonyl (C=O) groups excluding carboxylic acids is 1. The second kappa shape index (κ2) is 8.37. The first-order valence-corrected chi connectivity index (χ1v) is 8.15. The minimum Gasteiger partial charge on any atom is -0.338 e. The average molecular weight is 287 g/mol. The smallest absolute Gasteiger partial charge is 0.315 e. The van der Waals surface area contributed by atoms with Crippen LogP contribution in [0, 0.1) is 6.92 Å². The van der Waals surface area contributed by atoms with E-state index in [-0.39, 0.29) is 12.1 Å². The third kappa shape index (κ3) is 5.73.